The highest BCUT2D eigenvalue weighted by Gasteiger charge is 2.15. The zero-order chi connectivity index (χ0) is 13.5. The molecule has 0 amide bonds. The standard InChI is InChI=1S/C12H25N5S/c1-5-10(4)18-7-11(16-13)6-12-14-8-15-17(12)9(2)3/h8-11,16H,5-7,13H2,1-4H3. The first-order chi connectivity index (χ1) is 8.58. The van der Waals surface area contributed by atoms with Gasteiger partial charge in [-0.15, -0.1) is 0 Å². The van der Waals surface area contributed by atoms with Crippen molar-refractivity contribution in [2.24, 2.45) is 5.84 Å². The zero-order valence-electron chi connectivity index (χ0n) is 11.8. The molecule has 0 bridgehead atoms. The van der Waals surface area contributed by atoms with E-state index in [1.54, 1.807) is 6.33 Å². The summed E-state index contributed by atoms with van der Waals surface area (Å²) in [6, 6.07) is 0.578. The summed E-state index contributed by atoms with van der Waals surface area (Å²) in [5, 5.41) is 4.91. The summed E-state index contributed by atoms with van der Waals surface area (Å²) in [6.45, 7) is 8.67. The lowest BCUT2D eigenvalue weighted by Gasteiger charge is -2.18. The molecule has 1 rings (SSSR count). The minimum absolute atomic E-state index is 0.241. The zero-order valence-corrected chi connectivity index (χ0v) is 12.6. The average Bonchev–Trinajstić information content (AvgIpc) is 2.82. The van der Waals surface area contributed by atoms with Crippen molar-refractivity contribution in [3.05, 3.63) is 12.2 Å². The fourth-order valence-electron chi connectivity index (χ4n) is 1.64. The lowest BCUT2D eigenvalue weighted by molar-refractivity contribution is 0.477. The Labute approximate surface area is 114 Å². The monoisotopic (exact) mass is 271 g/mol. The predicted octanol–water partition coefficient (Wildman–Crippen LogP) is 1.77. The second-order valence-corrected chi connectivity index (χ2v) is 6.31. The number of hydrogen-bond acceptors (Lipinski definition) is 5. The van der Waals surface area contributed by atoms with Crippen LogP contribution < -0.4 is 11.3 Å². The quantitative estimate of drug-likeness (QED) is 0.557. The molecule has 104 valence electrons. The minimum Gasteiger partial charge on any atom is -0.271 e. The number of rotatable bonds is 8. The summed E-state index contributed by atoms with van der Waals surface area (Å²) in [7, 11) is 0. The number of nitrogens with one attached hydrogen (secondary N) is 1. The van der Waals surface area contributed by atoms with Crippen LogP contribution in [0.5, 0.6) is 0 Å². The van der Waals surface area contributed by atoms with Gasteiger partial charge in [-0.25, -0.2) is 9.67 Å². The Hall–Kier alpha value is -0.590. The first-order valence-electron chi connectivity index (χ1n) is 6.54. The van der Waals surface area contributed by atoms with E-state index in [1.165, 1.54) is 6.42 Å². The van der Waals surface area contributed by atoms with Crippen molar-refractivity contribution in [1.82, 2.24) is 20.2 Å². The maximum atomic E-state index is 5.62. The summed E-state index contributed by atoms with van der Waals surface area (Å²) in [5.74, 6) is 7.62. The Morgan fingerprint density at radius 3 is 2.72 bits per heavy atom. The van der Waals surface area contributed by atoms with Crippen LogP contribution in [0.25, 0.3) is 0 Å². The maximum absolute atomic E-state index is 5.62. The molecule has 0 aliphatic carbocycles. The van der Waals surface area contributed by atoms with E-state index in [2.05, 4.69) is 43.2 Å². The first kappa shape index (κ1) is 15.5. The molecule has 0 fully saturated rings. The summed E-state index contributed by atoms with van der Waals surface area (Å²) in [6.07, 6.45) is 3.62. The minimum atomic E-state index is 0.241. The molecule has 0 aromatic carbocycles. The van der Waals surface area contributed by atoms with Gasteiger partial charge in [0.25, 0.3) is 0 Å². The third-order valence-corrected chi connectivity index (χ3v) is 4.46. The van der Waals surface area contributed by atoms with Gasteiger partial charge in [-0.2, -0.15) is 16.9 Å². The summed E-state index contributed by atoms with van der Waals surface area (Å²) >= 11 is 1.95. The fourth-order valence-corrected chi connectivity index (χ4v) is 2.65. The van der Waals surface area contributed by atoms with Crippen LogP contribution in [0.4, 0.5) is 0 Å². The van der Waals surface area contributed by atoms with Crippen molar-refractivity contribution in [3.8, 4) is 0 Å². The highest BCUT2D eigenvalue weighted by Crippen LogP contribution is 2.16. The summed E-state index contributed by atoms with van der Waals surface area (Å²) < 4.78 is 1.96. The van der Waals surface area contributed by atoms with Crippen LogP contribution in [-0.4, -0.2) is 31.8 Å². The molecule has 0 saturated heterocycles. The largest absolute Gasteiger partial charge is 0.271 e. The molecule has 1 aromatic rings. The summed E-state index contributed by atoms with van der Waals surface area (Å²) in [5.41, 5.74) is 2.88. The van der Waals surface area contributed by atoms with E-state index in [1.807, 2.05) is 16.4 Å². The fraction of sp³-hybridized carbons (Fsp3) is 0.833. The van der Waals surface area contributed by atoms with Gasteiger partial charge in [0.2, 0.25) is 0 Å². The van der Waals surface area contributed by atoms with Crippen molar-refractivity contribution < 1.29 is 0 Å². The van der Waals surface area contributed by atoms with Gasteiger partial charge in [0.05, 0.1) is 0 Å². The van der Waals surface area contributed by atoms with Gasteiger partial charge in [0.15, 0.2) is 0 Å². The number of aromatic nitrogens is 3. The van der Waals surface area contributed by atoms with Crippen LogP contribution in [0, 0.1) is 0 Å². The molecule has 5 nitrogen and oxygen atoms in total. The van der Waals surface area contributed by atoms with Gasteiger partial charge in [0.1, 0.15) is 12.2 Å². The second kappa shape index (κ2) is 7.76. The van der Waals surface area contributed by atoms with Gasteiger partial charge >= 0.3 is 0 Å². The van der Waals surface area contributed by atoms with Gasteiger partial charge in [0, 0.05) is 29.5 Å². The number of nitrogens with two attached hydrogens (primary N) is 1. The third kappa shape index (κ3) is 4.59. The van der Waals surface area contributed by atoms with Crippen molar-refractivity contribution in [2.75, 3.05) is 5.75 Å². The molecule has 0 aliphatic rings. The molecule has 2 atom stereocenters. The smallest absolute Gasteiger partial charge is 0.138 e. The topological polar surface area (TPSA) is 68.8 Å². The lowest BCUT2D eigenvalue weighted by Crippen LogP contribution is -2.39. The molecule has 1 aromatic heterocycles. The van der Waals surface area contributed by atoms with Crippen LogP contribution in [0.15, 0.2) is 6.33 Å². The van der Waals surface area contributed by atoms with E-state index in [0.717, 1.165) is 18.0 Å². The van der Waals surface area contributed by atoms with E-state index < -0.39 is 0 Å². The number of nitrogens with zero attached hydrogens (tertiary/aromatic N) is 3. The van der Waals surface area contributed by atoms with E-state index in [-0.39, 0.29) is 6.04 Å². The van der Waals surface area contributed by atoms with Gasteiger partial charge < -0.3 is 0 Å². The van der Waals surface area contributed by atoms with Crippen LogP contribution in [0.3, 0.4) is 0 Å². The van der Waals surface area contributed by atoms with Crippen LogP contribution >= 0.6 is 11.8 Å². The molecule has 2 unspecified atom stereocenters. The Balaban J connectivity index is 2.54. The van der Waals surface area contributed by atoms with E-state index in [9.17, 15) is 0 Å². The normalized spacial score (nSPS) is 15.0. The molecular formula is C12H25N5S. The lowest BCUT2D eigenvalue weighted by atomic mass is 10.2. The molecule has 0 spiro atoms. The molecule has 0 saturated carbocycles. The Morgan fingerprint density at radius 2 is 2.17 bits per heavy atom. The Bertz CT molecular complexity index is 339. The highest BCUT2D eigenvalue weighted by atomic mass is 32.2. The molecule has 6 heteroatoms. The summed E-state index contributed by atoms with van der Waals surface area (Å²) in [4.78, 5) is 4.32. The second-order valence-electron chi connectivity index (χ2n) is 4.83. The number of thioether (sulfide) groups is 1. The average molecular weight is 271 g/mol. The van der Waals surface area contributed by atoms with Gasteiger partial charge in [-0.1, -0.05) is 13.8 Å². The molecular weight excluding hydrogens is 246 g/mol. The van der Waals surface area contributed by atoms with Crippen LogP contribution in [0.1, 0.15) is 46.0 Å². The molecule has 3 N–H and O–H groups in total. The SMILES string of the molecule is CCC(C)SCC(Cc1ncnn1C(C)C)NN. The maximum Gasteiger partial charge on any atom is 0.138 e. The van der Waals surface area contributed by atoms with Crippen molar-refractivity contribution >= 4 is 11.8 Å². The van der Waals surface area contributed by atoms with E-state index in [4.69, 9.17) is 5.84 Å². The first-order valence-corrected chi connectivity index (χ1v) is 7.59. The third-order valence-electron chi connectivity index (χ3n) is 2.96. The predicted molar refractivity (Wildman–Crippen MR) is 77.4 cm³/mol. The Kier molecular flexibility index (Phi) is 6.67. The van der Waals surface area contributed by atoms with E-state index in [0.29, 0.717) is 11.3 Å². The Morgan fingerprint density at radius 1 is 1.44 bits per heavy atom. The number of hydrogen-bond donors (Lipinski definition) is 2. The van der Waals surface area contributed by atoms with Gasteiger partial charge in [-0.05, 0) is 20.3 Å². The molecule has 1 heterocycles. The molecule has 0 aliphatic heterocycles. The molecule has 18 heavy (non-hydrogen) atoms. The van der Waals surface area contributed by atoms with Gasteiger partial charge in [-0.3, -0.25) is 11.3 Å². The number of hydrazine groups is 1. The van der Waals surface area contributed by atoms with Crippen LogP contribution in [-0.2, 0) is 6.42 Å². The molecule has 0 radical (unpaired) electrons. The van der Waals surface area contributed by atoms with E-state index >= 15 is 0 Å². The van der Waals surface area contributed by atoms with Crippen molar-refractivity contribution in [2.45, 2.75) is 57.9 Å². The highest BCUT2D eigenvalue weighted by molar-refractivity contribution is 7.99. The van der Waals surface area contributed by atoms with Crippen molar-refractivity contribution in [3.63, 3.8) is 0 Å². The van der Waals surface area contributed by atoms with Crippen LogP contribution in [0.2, 0.25) is 0 Å². The van der Waals surface area contributed by atoms with Crippen molar-refractivity contribution in [1.29, 1.82) is 0 Å².